The molecule has 0 spiro atoms. The molecule has 2 aliphatic heterocycles. The highest BCUT2D eigenvalue weighted by Gasteiger charge is 2.35. The van der Waals surface area contributed by atoms with Gasteiger partial charge in [-0.2, -0.15) is 0 Å². The molecule has 1 aromatic carbocycles. The second-order valence-corrected chi connectivity index (χ2v) is 7.94. The Labute approximate surface area is 142 Å². The minimum absolute atomic E-state index is 0. The Morgan fingerprint density at radius 2 is 1.83 bits per heavy atom. The fraction of sp³-hybridized carbons (Fsp3) is 0.438. The molecule has 0 aliphatic carbocycles. The first-order valence-corrected chi connectivity index (χ1v) is 9.22. The molecule has 2 N–H and O–H groups in total. The van der Waals surface area contributed by atoms with E-state index in [1.807, 2.05) is 12.1 Å². The normalized spacial score (nSPS) is 26.9. The summed E-state index contributed by atoms with van der Waals surface area (Å²) >= 11 is 0. The molecule has 4 rings (SSSR count). The summed E-state index contributed by atoms with van der Waals surface area (Å²) in [6.45, 7) is 0. The number of rotatable bonds is 3. The molecule has 2 saturated heterocycles. The van der Waals surface area contributed by atoms with Crippen LogP contribution in [0.1, 0.15) is 25.7 Å². The van der Waals surface area contributed by atoms with Crippen molar-refractivity contribution in [2.75, 3.05) is 0 Å². The number of nitrogens with one attached hydrogen (secondary N) is 2. The van der Waals surface area contributed by atoms with Crippen molar-refractivity contribution < 1.29 is 8.42 Å². The molecule has 0 amide bonds. The maximum absolute atomic E-state index is 12.8. The molecular formula is C16H20ClN3O2S. The van der Waals surface area contributed by atoms with Crippen molar-refractivity contribution in [2.24, 2.45) is 0 Å². The van der Waals surface area contributed by atoms with Gasteiger partial charge in [-0.3, -0.25) is 4.98 Å². The summed E-state index contributed by atoms with van der Waals surface area (Å²) in [5, 5.41) is 4.21. The third-order valence-electron chi connectivity index (χ3n) is 4.69. The molecule has 0 saturated carbocycles. The van der Waals surface area contributed by atoms with Gasteiger partial charge in [0.05, 0.1) is 10.4 Å². The number of piperidine rings is 1. The average Bonchev–Trinajstić information content (AvgIpc) is 2.85. The quantitative estimate of drug-likeness (QED) is 0.887. The lowest BCUT2D eigenvalue weighted by atomic mass is 10.0. The standard InChI is InChI=1S/C16H19N3O2S.ClH/c20-22(21,19-13-9-11-6-7-12(10-13)18-11)16-5-1-4-15-14(16)3-2-8-17-15;/h1-5,8,11-13,18-19H,6-7,9-10H2;1H. The molecule has 5 nitrogen and oxygen atoms in total. The van der Waals surface area contributed by atoms with Crippen LogP contribution in [-0.2, 0) is 10.0 Å². The Bertz CT molecular complexity index is 795. The molecule has 7 heteroatoms. The van der Waals surface area contributed by atoms with Crippen LogP contribution in [0.4, 0.5) is 0 Å². The van der Waals surface area contributed by atoms with Gasteiger partial charge >= 0.3 is 0 Å². The van der Waals surface area contributed by atoms with Gasteiger partial charge in [-0.25, -0.2) is 13.1 Å². The third kappa shape index (κ3) is 3.21. The van der Waals surface area contributed by atoms with Crippen LogP contribution in [0.2, 0.25) is 0 Å². The topological polar surface area (TPSA) is 71.1 Å². The molecule has 124 valence electrons. The van der Waals surface area contributed by atoms with E-state index in [0.29, 0.717) is 27.9 Å². The van der Waals surface area contributed by atoms with Crippen molar-refractivity contribution in [3.63, 3.8) is 0 Å². The van der Waals surface area contributed by atoms with Crippen LogP contribution < -0.4 is 10.0 Å². The van der Waals surface area contributed by atoms with Crippen molar-refractivity contribution in [2.45, 2.75) is 48.7 Å². The minimum Gasteiger partial charge on any atom is -0.311 e. The van der Waals surface area contributed by atoms with Gasteiger partial charge in [-0.05, 0) is 49.9 Å². The molecule has 3 heterocycles. The SMILES string of the molecule is Cl.O=S(=O)(NC1CC2CCC(C1)N2)c1cccc2ncccc12. The van der Waals surface area contributed by atoms with Gasteiger partial charge in [0.1, 0.15) is 0 Å². The Kier molecular flexibility index (Phi) is 4.60. The predicted octanol–water partition coefficient (Wildman–Crippen LogP) is 2.22. The van der Waals surface area contributed by atoms with Crippen molar-refractivity contribution >= 4 is 33.3 Å². The number of sulfonamides is 1. The van der Waals surface area contributed by atoms with E-state index in [0.717, 1.165) is 25.7 Å². The zero-order valence-corrected chi connectivity index (χ0v) is 14.2. The number of halogens is 1. The fourth-order valence-corrected chi connectivity index (χ4v) is 5.22. The number of fused-ring (bicyclic) bond motifs is 3. The second kappa shape index (κ2) is 6.36. The maximum atomic E-state index is 12.8. The lowest BCUT2D eigenvalue weighted by molar-refractivity contribution is 0.345. The molecule has 0 radical (unpaired) electrons. The first-order valence-electron chi connectivity index (χ1n) is 7.74. The van der Waals surface area contributed by atoms with Crippen LogP contribution in [0.3, 0.4) is 0 Å². The van der Waals surface area contributed by atoms with Crippen LogP contribution in [0.15, 0.2) is 41.4 Å². The van der Waals surface area contributed by atoms with E-state index in [2.05, 4.69) is 15.0 Å². The van der Waals surface area contributed by atoms with Gasteiger partial charge in [0.25, 0.3) is 0 Å². The van der Waals surface area contributed by atoms with Gasteiger partial charge in [-0.15, -0.1) is 12.4 Å². The van der Waals surface area contributed by atoms with Crippen molar-refractivity contribution in [1.82, 2.24) is 15.0 Å². The van der Waals surface area contributed by atoms with E-state index in [4.69, 9.17) is 0 Å². The largest absolute Gasteiger partial charge is 0.311 e. The lowest BCUT2D eigenvalue weighted by Gasteiger charge is -2.29. The lowest BCUT2D eigenvalue weighted by Crippen LogP contribution is -2.47. The summed E-state index contributed by atoms with van der Waals surface area (Å²) in [6.07, 6.45) is 5.73. The third-order valence-corrected chi connectivity index (χ3v) is 6.27. The molecule has 2 atom stereocenters. The van der Waals surface area contributed by atoms with Crippen LogP contribution in [0, 0.1) is 0 Å². The first-order chi connectivity index (χ1) is 10.6. The summed E-state index contributed by atoms with van der Waals surface area (Å²) in [5.41, 5.74) is 0.704. The van der Waals surface area contributed by atoms with Gasteiger partial charge in [0, 0.05) is 29.7 Å². The molecule has 2 fully saturated rings. The molecule has 2 bridgehead atoms. The summed E-state index contributed by atoms with van der Waals surface area (Å²) < 4.78 is 28.5. The van der Waals surface area contributed by atoms with Gasteiger partial charge in [0.2, 0.25) is 10.0 Å². The smallest absolute Gasteiger partial charge is 0.241 e. The summed E-state index contributed by atoms with van der Waals surface area (Å²) in [5.74, 6) is 0. The Balaban J connectivity index is 0.00000156. The van der Waals surface area contributed by atoms with E-state index < -0.39 is 10.0 Å². The zero-order chi connectivity index (χ0) is 15.2. The molecular weight excluding hydrogens is 334 g/mol. The van der Waals surface area contributed by atoms with Gasteiger partial charge in [-0.1, -0.05) is 6.07 Å². The van der Waals surface area contributed by atoms with Crippen LogP contribution in [0.5, 0.6) is 0 Å². The molecule has 23 heavy (non-hydrogen) atoms. The number of hydrogen-bond acceptors (Lipinski definition) is 4. The number of aromatic nitrogens is 1. The van der Waals surface area contributed by atoms with E-state index in [1.54, 1.807) is 24.4 Å². The van der Waals surface area contributed by atoms with E-state index in [1.165, 1.54) is 0 Å². The summed E-state index contributed by atoms with van der Waals surface area (Å²) in [6, 6.07) is 9.75. The van der Waals surface area contributed by atoms with Crippen LogP contribution in [0.25, 0.3) is 10.9 Å². The number of pyridine rings is 1. The minimum atomic E-state index is -3.52. The monoisotopic (exact) mass is 353 g/mol. The highest BCUT2D eigenvalue weighted by Crippen LogP contribution is 2.28. The Morgan fingerprint density at radius 1 is 1.09 bits per heavy atom. The van der Waals surface area contributed by atoms with Gasteiger partial charge < -0.3 is 5.32 Å². The first kappa shape index (κ1) is 16.6. The summed E-state index contributed by atoms with van der Waals surface area (Å²) in [7, 11) is -3.52. The summed E-state index contributed by atoms with van der Waals surface area (Å²) in [4.78, 5) is 4.56. The molecule has 1 aromatic heterocycles. The maximum Gasteiger partial charge on any atom is 0.241 e. The van der Waals surface area contributed by atoms with Crippen molar-refractivity contribution in [3.8, 4) is 0 Å². The second-order valence-electron chi connectivity index (χ2n) is 6.25. The molecule has 2 unspecified atom stereocenters. The molecule has 2 aromatic rings. The van der Waals surface area contributed by atoms with E-state index in [-0.39, 0.29) is 18.4 Å². The highest BCUT2D eigenvalue weighted by molar-refractivity contribution is 7.89. The Morgan fingerprint density at radius 3 is 2.57 bits per heavy atom. The predicted molar refractivity (Wildman–Crippen MR) is 92.3 cm³/mol. The van der Waals surface area contributed by atoms with Crippen molar-refractivity contribution in [3.05, 3.63) is 36.5 Å². The van der Waals surface area contributed by atoms with Crippen molar-refractivity contribution in [1.29, 1.82) is 0 Å². The number of benzene rings is 1. The fourth-order valence-electron chi connectivity index (χ4n) is 3.75. The van der Waals surface area contributed by atoms with Crippen LogP contribution in [-0.4, -0.2) is 31.5 Å². The highest BCUT2D eigenvalue weighted by atomic mass is 35.5. The number of nitrogens with zero attached hydrogens (tertiary/aromatic N) is 1. The average molecular weight is 354 g/mol. The van der Waals surface area contributed by atoms with E-state index >= 15 is 0 Å². The van der Waals surface area contributed by atoms with Crippen LogP contribution >= 0.6 is 12.4 Å². The zero-order valence-electron chi connectivity index (χ0n) is 12.6. The number of hydrogen-bond donors (Lipinski definition) is 2. The Hall–Kier alpha value is -1.21. The molecule has 2 aliphatic rings. The van der Waals surface area contributed by atoms with E-state index in [9.17, 15) is 8.42 Å². The van der Waals surface area contributed by atoms with Gasteiger partial charge in [0.15, 0.2) is 0 Å².